The Morgan fingerprint density at radius 3 is 3.00 bits per heavy atom. The summed E-state index contributed by atoms with van der Waals surface area (Å²) in [6.07, 6.45) is -0.390. The zero-order chi connectivity index (χ0) is 12.5. The van der Waals surface area contributed by atoms with Crippen molar-refractivity contribution in [3.63, 3.8) is 0 Å². The van der Waals surface area contributed by atoms with Gasteiger partial charge >= 0.3 is 0 Å². The van der Waals surface area contributed by atoms with Gasteiger partial charge in [-0.25, -0.2) is 0 Å². The van der Waals surface area contributed by atoms with Gasteiger partial charge in [-0.15, -0.1) is 0 Å². The molecule has 1 saturated heterocycles. The molecule has 1 aromatic rings. The molecule has 1 heterocycles. The molecule has 92 valence electrons. The molecule has 2 unspecified atom stereocenters. The van der Waals surface area contributed by atoms with Crippen LogP contribution < -0.4 is 0 Å². The maximum atomic E-state index is 10.7. The van der Waals surface area contributed by atoms with Crippen molar-refractivity contribution < 1.29 is 19.5 Å². The smallest absolute Gasteiger partial charge is 0.269 e. The number of nitrogens with zero attached hydrogens (tertiary/aromatic N) is 1. The second-order valence-corrected chi connectivity index (χ2v) is 3.99. The van der Waals surface area contributed by atoms with Crippen LogP contribution in [0.25, 0.3) is 0 Å². The number of hydrogen-bond donors (Lipinski definition) is 1. The summed E-state index contributed by atoms with van der Waals surface area (Å²) in [5.74, 6) is -1.03. The number of aliphatic hydroxyl groups excluding tert-OH is 1. The lowest BCUT2D eigenvalue weighted by Crippen LogP contribution is -2.25. The first-order valence-corrected chi connectivity index (χ1v) is 5.23. The summed E-state index contributed by atoms with van der Waals surface area (Å²) in [5.41, 5.74) is 0.561. The van der Waals surface area contributed by atoms with E-state index in [0.717, 1.165) is 0 Å². The summed E-state index contributed by atoms with van der Waals surface area (Å²) in [7, 11) is 0. The van der Waals surface area contributed by atoms with Gasteiger partial charge in [0.15, 0.2) is 5.79 Å². The molecule has 2 atom stereocenters. The molecule has 0 aromatic heterocycles. The fourth-order valence-corrected chi connectivity index (χ4v) is 1.78. The van der Waals surface area contributed by atoms with Crippen LogP contribution >= 0.6 is 0 Å². The second kappa shape index (κ2) is 4.40. The SMILES string of the molecule is CC1(c2cccc([N+](=O)[O-])c2)OCC(CO)O1. The van der Waals surface area contributed by atoms with Crippen molar-refractivity contribution in [1.29, 1.82) is 0 Å². The third-order valence-electron chi connectivity index (χ3n) is 2.72. The van der Waals surface area contributed by atoms with Crippen LogP contribution in [0.2, 0.25) is 0 Å². The van der Waals surface area contributed by atoms with E-state index in [9.17, 15) is 10.1 Å². The zero-order valence-electron chi connectivity index (χ0n) is 9.33. The average molecular weight is 239 g/mol. The Labute approximate surface area is 97.9 Å². The molecule has 6 heteroatoms. The molecular weight excluding hydrogens is 226 g/mol. The Kier molecular flexibility index (Phi) is 3.10. The number of benzene rings is 1. The van der Waals surface area contributed by atoms with Crippen LogP contribution in [-0.2, 0) is 15.3 Å². The lowest BCUT2D eigenvalue weighted by atomic mass is 10.1. The first kappa shape index (κ1) is 12.0. The van der Waals surface area contributed by atoms with E-state index in [1.54, 1.807) is 19.1 Å². The second-order valence-electron chi connectivity index (χ2n) is 3.99. The molecule has 0 amide bonds. The molecule has 1 N–H and O–H groups in total. The zero-order valence-corrected chi connectivity index (χ0v) is 9.33. The molecule has 2 rings (SSSR count). The predicted molar refractivity (Wildman–Crippen MR) is 58.4 cm³/mol. The van der Waals surface area contributed by atoms with E-state index in [2.05, 4.69) is 0 Å². The van der Waals surface area contributed by atoms with Gasteiger partial charge in [-0.2, -0.15) is 0 Å². The van der Waals surface area contributed by atoms with Crippen molar-refractivity contribution in [3.05, 3.63) is 39.9 Å². The summed E-state index contributed by atoms with van der Waals surface area (Å²) >= 11 is 0. The minimum absolute atomic E-state index is 0.0108. The third kappa shape index (κ3) is 2.28. The van der Waals surface area contributed by atoms with Crippen LogP contribution in [0.15, 0.2) is 24.3 Å². The van der Waals surface area contributed by atoms with Gasteiger partial charge < -0.3 is 14.6 Å². The highest BCUT2D eigenvalue weighted by molar-refractivity contribution is 5.36. The van der Waals surface area contributed by atoms with E-state index in [-0.39, 0.29) is 25.0 Å². The highest BCUT2D eigenvalue weighted by Crippen LogP contribution is 2.34. The molecule has 1 fully saturated rings. The number of non-ortho nitro benzene ring substituents is 1. The summed E-state index contributed by atoms with van der Waals surface area (Å²) in [6.45, 7) is 1.82. The summed E-state index contributed by atoms with van der Waals surface area (Å²) in [6, 6.07) is 6.11. The van der Waals surface area contributed by atoms with Crippen molar-refractivity contribution >= 4 is 5.69 Å². The van der Waals surface area contributed by atoms with Crippen LogP contribution in [0.3, 0.4) is 0 Å². The molecule has 1 aromatic carbocycles. The molecule has 0 spiro atoms. The van der Waals surface area contributed by atoms with Crippen molar-refractivity contribution in [2.45, 2.75) is 18.8 Å². The maximum absolute atomic E-state index is 10.7. The van der Waals surface area contributed by atoms with Crippen LogP contribution in [0.1, 0.15) is 12.5 Å². The number of nitro benzene ring substituents is 1. The maximum Gasteiger partial charge on any atom is 0.269 e. The first-order chi connectivity index (χ1) is 8.05. The minimum atomic E-state index is -1.03. The van der Waals surface area contributed by atoms with Crippen molar-refractivity contribution in [2.24, 2.45) is 0 Å². The van der Waals surface area contributed by atoms with Crippen molar-refractivity contribution in [3.8, 4) is 0 Å². The van der Waals surface area contributed by atoms with Crippen LogP contribution in [0.4, 0.5) is 5.69 Å². The van der Waals surface area contributed by atoms with Crippen LogP contribution in [-0.4, -0.2) is 29.3 Å². The number of rotatable bonds is 3. The summed E-state index contributed by atoms with van der Waals surface area (Å²) in [4.78, 5) is 10.2. The summed E-state index contributed by atoms with van der Waals surface area (Å²) in [5, 5.41) is 19.7. The quantitative estimate of drug-likeness (QED) is 0.632. The van der Waals surface area contributed by atoms with E-state index >= 15 is 0 Å². The molecule has 0 bridgehead atoms. The standard InChI is InChI=1S/C11H13NO5/c1-11(16-7-10(6-13)17-11)8-3-2-4-9(5-8)12(14)15/h2-5,10,13H,6-7H2,1H3. The molecule has 0 radical (unpaired) electrons. The van der Waals surface area contributed by atoms with Crippen LogP contribution in [0.5, 0.6) is 0 Å². The lowest BCUT2D eigenvalue weighted by Gasteiger charge is -2.23. The number of nitro groups is 1. The lowest BCUT2D eigenvalue weighted by molar-refractivity contribution is -0.385. The Balaban J connectivity index is 2.28. The van der Waals surface area contributed by atoms with Gasteiger partial charge in [-0.05, 0) is 6.92 Å². The minimum Gasteiger partial charge on any atom is -0.394 e. The largest absolute Gasteiger partial charge is 0.394 e. The van der Waals surface area contributed by atoms with E-state index < -0.39 is 10.7 Å². The Morgan fingerprint density at radius 2 is 2.41 bits per heavy atom. The molecule has 17 heavy (non-hydrogen) atoms. The number of ether oxygens (including phenoxy) is 2. The first-order valence-electron chi connectivity index (χ1n) is 5.23. The topological polar surface area (TPSA) is 81.8 Å². The highest BCUT2D eigenvalue weighted by Gasteiger charge is 2.39. The highest BCUT2D eigenvalue weighted by atomic mass is 16.7. The van der Waals surface area contributed by atoms with Gasteiger partial charge in [0.25, 0.3) is 5.69 Å². The van der Waals surface area contributed by atoms with E-state index in [4.69, 9.17) is 14.6 Å². The van der Waals surface area contributed by atoms with Gasteiger partial charge in [-0.1, -0.05) is 12.1 Å². The Morgan fingerprint density at radius 1 is 1.65 bits per heavy atom. The van der Waals surface area contributed by atoms with E-state index in [1.807, 2.05) is 0 Å². The number of hydrogen-bond acceptors (Lipinski definition) is 5. The summed E-state index contributed by atoms with van der Waals surface area (Å²) < 4.78 is 11.0. The third-order valence-corrected chi connectivity index (χ3v) is 2.72. The molecule has 0 aliphatic carbocycles. The number of aliphatic hydroxyl groups is 1. The van der Waals surface area contributed by atoms with Gasteiger partial charge in [-0.3, -0.25) is 10.1 Å². The van der Waals surface area contributed by atoms with Gasteiger partial charge in [0.05, 0.1) is 18.1 Å². The fraction of sp³-hybridized carbons (Fsp3) is 0.455. The Bertz CT molecular complexity index is 436. The average Bonchev–Trinajstić information content (AvgIpc) is 2.73. The van der Waals surface area contributed by atoms with Crippen molar-refractivity contribution in [2.75, 3.05) is 13.2 Å². The van der Waals surface area contributed by atoms with Gasteiger partial charge in [0.1, 0.15) is 6.10 Å². The van der Waals surface area contributed by atoms with E-state index in [0.29, 0.717) is 5.56 Å². The normalized spacial score (nSPS) is 28.2. The van der Waals surface area contributed by atoms with E-state index in [1.165, 1.54) is 12.1 Å². The monoisotopic (exact) mass is 239 g/mol. The predicted octanol–water partition coefficient (Wildman–Crippen LogP) is 1.18. The van der Waals surface area contributed by atoms with Gasteiger partial charge in [0.2, 0.25) is 0 Å². The van der Waals surface area contributed by atoms with Gasteiger partial charge in [0, 0.05) is 17.7 Å². The fourth-order valence-electron chi connectivity index (χ4n) is 1.78. The molecule has 1 aliphatic heterocycles. The van der Waals surface area contributed by atoms with Crippen LogP contribution in [0, 0.1) is 10.1 Å². The molecular formula is C11H13NO5. The molecule has 0 saturated carbocycles. The molecule has 6 nitrogen and oxygen atoms in total. The van der Waals surface area contributed by atoms with Crippen molar-refractivity contribution in [1.82, 2.24) is 0 Å². The molecule has 1 aliphatic rings. The Hall–Kier alpha value is -1.50.